The maximum atomic E-state index is 11.9. The van der Waals surface area contributed by atoms with Crippen LogP contribution in [0.4, 0.5) is 0 Å². The number of hydrogen-bond donors (Lipinski definition) is 3. The summed E-state index contributed by atoms with van der Waals surface area (Å²) < 4.78 is 10.4. The van der Waals surface area contributed by atoms with Crippen LogP contribution in [0.2, 0.25) is 0 Å². The van der Waals surface area contributed by atoms with E-state index in [4.69, 9.17) is 9.15 Å². The van der Waals surface area contributed by atoms with Gasteiger partial charge in [-0.05, 0) is 36.4 Å². The first-order valence-corrected chi connectivity index (χ1v) is 7.85. The van der Waals surface area contributed by atoms with E-state index in [-0.39, 0.29) is 18.2 Å². The van der Waals surface area contributed by atoms with Crippen LogP contribution in [0, 0.1) is 0 Å². The van der Waals surface area contributed by atoms with Gasteiger partial charge in [0.2, 0.25) is 0 Å². The molecule has 132 valence electrons. The van der Waals surface area contributed by atoms with Gasteiger partial charge in [0.1, 0.15) is 18.9 Å². The number of carbonyl (C=O) groups is 2. The first-order chi connectivity index (χ1) is 12.1. The molecule has 0 radical (unpaired) electrons. The van der Waals surface area contributed by atoms with Crippen molar-refractivity contribution in [2.45, 2.75) is 6.54 Å². The normalized spacial score (nSPS) is 11.4. The van der Waals surface area contributed by atoms with Crippen molar-refractivity contribution in [1.29, 1.82) is 0 Å². The van der Waals surface area contributed by atoms with Crippen LogP contribution in [0.25, 0.3) is 0 Å². The Bertz CT molecular complexity index is 696. The number of nitrogens with one attached hydrogen (secondary N) is 3. The number of rotatable bonds is 8. The lowest BCUT2D eigenvalue weighted by atomic mass is 10.2. The molecule has 1 unspecified atom stereocenters. The van der Waals surface area contributed by atoms with Gasteiger partial charge in [-0.25, -0.2) is 0 Å². The van der Waals surface area contributed by atoms with Crippen molar-refractivity contribution in [3.63, 3.8) is 0 Å². The van der Waals surface area contributed by atoms with Crippen molar-refractivity contribution in [2.24, 2.45) is 0 Å². The maximum absolute atomic E-state index is 11.9. The summed E-state index contributed by atoms with van der Waals surface area (Å²) in [4.78, 5) is 24.5. The average Bonchev–Trinajstić information content (AvgIpc) is 3.13. The molecular formula is C18H22N3O4+. The number of hydrazine groups is 1. The number of carbonyl (C=O) groups excluding carboxylic acids is 2. The molecule has 7 nitrogen and oxygen atoms in total. The molecule has 0 aliphatic rings. The molecule has 0 aliphatic heterocycles. The first-order valence-electron chi connectivity index (χ1n) is 7.85. The highest BCUT2D eigenvalue weighted by Crippen LogP contribution is 2.11. The van der Waals surface area contributed by atoms with Crippen LogP contribution in [0.1, 0.15) is 16.1 Å². The first kappa shape index (κ1) is 18.3. The molecule has 0 saturated heterocycles. The van der Waals surface area contributed by atoms with Crippen molar-refractivity contribution in [2.75, 3.05) is 20.2 Å². The van der Waals surface area contributed by atoms with Gasteiger partial charge in [0.15, 0.2) is 12.3 Å². The van der Waals surface area contributed by atoms with Crippen molar-refractivity contribution >= 4 is 11.8 Å². The van der Waals surface area contributed by atoms with Crippen molar-refractivity contribution < 1.29 is 23.6 Å². The number of hydrogen-bond acceptors (Lipinski definition) is 4. The van der Waals surface area contributed by atoms with Gasteiger partial charge in [0.25, 0.3) is 5.91 Å². The minimum absolute atomic E-state index is 0.139. The predicted molar refractivity (Wildman–Crippen MR) is 91.9 cm³/mol. The van der Waals surface area contributed by atoms with E-state index in [0.717, 1.165) is 16.2 Å². The number of furan rings is 1. The number of benzene rings is 1. The van der Waals surface area contributed by atoms with E-state index in [1.54, 1.807) is 12.1 Å². The summed E-state index contributed by atoms with van der Waals surface area (Å²) in [5.41, 5.74) is 5.76. The molecule has 1 atom stereocenters. The summed E-state index contributed by atoms with van der Waals surface area (Å²) >= 11 is 0. The summed E-state index contributed by atoms with van der Waals surface area (Å²) in [6, 6.07) is 10.8. The second-order valence-electron chi connectivity index (χ2n) is 5.53. The molecule has 0 fully saturated rings. The topological polar surface area (TPSA) is 85.0 Å². The van der Waals surface area contributed by atoms with E-state index < -0.39 is 5.91 Å². The Labute approximate surface area is 146 Å². The van der Waals surface area contributed by atoms with E-state index in [2.05, 4.69) is 17.4 Å². The van der Waals surface area contributed by atoms with Gasteiger partial charge in [-0.1, -0.05) is 12.7 Å². The van der Waals surface area contributed by atoms with Gasteiger partial charge in [-0.2, -0.15) is 0 Å². The molecule has 1 aromatic heterocycles. The molecule has 0 bridgehead atoms. The SMILES string of the molecule is C=CCOc1ccc(C[NH+](C)CC(=O)NNC(=O)c2ccco2)cc1. The molecule has 2 rings (SSSR count). The molecule has 25 heavy (non-hydrogen) atoms. The highest BCUT2D eigenvalue weighted by molar-refractivity contribution is 5.92. The summed E-state index contributed by atoms with van der Waals surface area (Å²) in [7, 11) is 1.90. The molecule has 3 N–H and O–H groups in total. The summed E-state index contributed by atoms with van der Waals surface area (Å²) in [6.45, 7) is 4.95. The highest BCUT2D eigenvalue weighted by atomic mass is 16.5. The van der Waals surface area contributed by atoms with Gasteiger partial charge >= 0.3 is 5.91 Å². The van der Waals surface area contributed by atoms with Crippen molar-refractivity contribution in [1.82, 2.24) is 10.9 Å². The Morgan fingerprint density at radius 2 is 2.00 bits per heavy atom. The summed E-state index contributed by atoms with van der Waals surface area (Å²) in [5.74, 6) is 0.133. The molecular weight excluding hydrogens is 322 g/mol. The fourth-order valence-electron chi connectivity index (χ4n) is 2.18. The third-order valence-corrected chi connectivity index (χ3v) is 3.32. The number of quaternary nitrogens is 1. The van der Waals surface area contributed by atoms with Gasteiger partial charge in [0.05, 0.1) is 13.3 Å². The van der Waals surface area contributed by atoms with Crippen LogP contribution >= 0.6 is 0 Å². The lowest BCUT2D eigenvalue weighted by Gasteiger charge is -2.14. The zero-order chi connectivity index (χ0) is 18.1. The lowest BCUT2D eigenvalue weighted by Crippen LogP contribution is -3.09. The molecule has 0 aliphatic carbocycles. The van der Waals surface area contributed by atoms with Crippen LogP contribution in [0.15, 0.2) is 59.7 Å². The van der Waals surface area contributed by atoms with E-state index in [1.165, 1.54) is 12.3 Å². The van der Waals surface area contributed by atoms with Crippen LogP contribution < -0.4 is 20.5 Å². The monoisotopic (exact) mass is 344 g/mol. The Kier molecular flexibility index (Phi) is 6.79. The zero-order valence-electron chi connectivity index (χ0n) is 14.1. The number of ether oxygens (including phenoxy) is 1. The molecule has 1 aromatic carbocycles. The van der Waals surface area contributed by atoms with Gasteiger partial charge < -0.3 is 14.1 Å². The summed E-state index contributed by atoms with van der Waals surface area (Å²) in [5, 5.41) is 0. The van der Waals surface area contributed by atoms with Crippen LogP contribution in [0.5, 0.6) is 5.75 Å². The minimum Gasteiger partial charge on any atom is -0.490 e. The Hall–Kier alpha value is -3.06. The lowest BCUT2D eigenvalue weighted by molar-refractivity contribution is -0.885. The molecule has 0 saturated carbocycles. The van der Waals surface area contributed by atoms with Gasteiger partial charge in [0, 0.05) is 5.56 Å². The van der Waals surface area contributed by atoms with Crippen molar-refractivity contribution in [3.05, 3.63) is 66.6 Å². The smallest absolute Gasteiger partial charge is 0.305 e. The third-order valence-electron chi connectivity index (χ3n) is 3.32. The second-order valence-corrected chi connectivity index (χ2v) is 5.53. The molecule has 1 heterocycles. The molecule has 7 heteroatoms. The standard InChI is InChI=1S/C18H21N3O4/c1-3-10-24-15-8-6-14(7-9-15)12-21(2)13-17(22)19-20-18(23)16-5-4-11-25-16/h3-9,11H,1,10,12-13H2,2H3,(H,19,22)(H,20,23)/p+1. The molecule has 2 aromatic rings. The molecule has 2 amide bonds. The quantitative estimate of drug-likeness (QED) is 0.476. The predicted octanol–water partition coefficient (Wildman–Crippen LogP) is 0.320. The Balaban J connectivity index is 1.73. The minimum atomic E-state index is -0.494. The fraction of sp³-hybridized carbons (Fsp3) is 0.222. The zero-order valence-corrected chi connectivity index (χ0v) is 14.1. The van der Waals surface area contributed by atoms with Gasteiger partial charge in [-0.15, -0.1) is 0 Å². The largest absolute Gasteiger partial charge is 0.490 e. The van der Waals surface area contributed by atoms with Crippen LogP contribution in [0.3, 0.4) is 0 Å². The second kappa shape index (κ2) is 9.29. The van der Waals surface area contributed by atoms with E-state index >= 15 is 0 Å². The highest BCUT2D eigenvalue weighted by Gasteiger charge is 2.13. The number of amides is 2. The number of likely N-dealkylation sites (N-methyl/N-ethyl adjacent to an activating group) is 1. The Morgan fingerprint density at radius 1 is 1.24 bits per heavy atom. The van der Waals surface area contributed by atoms with Crippen LogP contribution in [-0.4, -0.2) is 32.0 Å². The maximum Gasteiger partial charge on any atom is 0.305 e. The van der Waals surface area contributed by atoms with Gasteiger partial charge in [-0.3, -0.25) is 20.4 Å². The van der Waals surface area contributed by atoms with Crippen LogP contribution in [-0.2, 0) is 11.3 Å². The fourth-order valence-corrected chi connectivity index (χ4v) is 2.18. The van der Waals surface area contributed by atoms with E-state index in [9.17, 15) is 9.59 Å². The third kappa shape index (κ3) is 6.15. The van der Waals surface area contributed by atoms with E-state index in [0.29, 0.717) is 13.2 Å². The molecule has 0 spiro atoms. The van der Waals surface area contributed by atoms with Crippen molar-refractivity contribution in [3.8, 4) is 5.75 Å². The average molecular weight is 344 g/mol. The Morgan fingerprint density at radius 3 is 2.64 bits per heavy atom. The summed E-state index contributed by atoms with van der Waals surface area (Å²) in [6.07, 6.45) is 3.08. The van der Waals surface area contributed by atoms with E-state index in [1.807, 2.05) is 31.3 Å².